The molecule has 0 radical (unpaired) electrons. The van der Waals surface area contributed by atoms with E-state index in [-0.39, 0.29) is 11.7 Å². The highest BCUT2D eigenvalue weighted by Crippen LogP contribution is 2.24. The van der Waals surface area contributed by atoms with Crippen molar-refractivity contribution in [2.24, 2.45) is 5.92 Å². The molecule has 1 fully saturated rings. The average Bonchev–Trinajstić information content (AvgIpc) is 2.26. The van der Waals surface area contributed by atoms with Crippen molar-refractivity contribution in [3.8, 4) is 0 Å². The summed E-state index contributed by atoms with van der Waals surface area (Å²) in [4.78, 5) is 13.5. The van der Waals surface area contributed by atoms with Crippen molar-refractivity contribution in [1.29, 1.82) is 0 Å². The number of nitrogens with zero attached hydrogens (tertiary/aromatic N) is 1. The van der Waals surface area contributed by atoms with Gasteiger partial charge in [0.05, 0.1) is 0 Å². The van der Waals surface area contributed by atoms with Gasteiger partial charge in [-0.2, -0.15) is 0 Å². The monoisotopic (exact) mass is 199 g/mol. The largest absolute Gasteiger partial charge is 0.444 e. The number of ether oxygens (including phenoxy) is 1. The molecule has 3 heteroatoms. The molecule has 1 amide bonds. The highest BCUT2D eigenvalue weighted by atomic mass is 16.6. The van der Waals surface area contributed by atoms with E-state index < -0.39 is 0 Å². The van der Waals surface area contributed by atoms with Gasteiger partial charge in [0, 0.05) is 12.6 Å². The molecule has 1 rings (SSSR count). The van der Waals surface area contributed by atoms with E-state index in [1.54, 1.807) is 0 Å². The summed E-state index contributed by atoms with van der Waals surface area (Å²) >= 11 is 0. The second kappa shape index (κ2) is 3.79. The number of likely N-dealkylation sites (tertiary alicyclic amines) is 1. The first-order valence-electron chi connectivity index (χ1n) is 5.29. The molecule has 0 bridgehead atoms. The number of hydrogen-bond acceptors (Lipinski definition) is 2. The summed E-state index contributed by atoms with van der Waals surface area (Å²) in [6.07, 6.45) is 0.911. The summed E-state index contributed by atoms with van der Waals surface area (Å²) < 4.78 is 5.33. The molecule has 2 atom stereocenters. The second-order valence-electron chi connectivity index (χ2n) is 5.32. The number of carbonyl (C=O) groups excluding carboxylic acids is 1. The normalized spacial score (nSPS) is 27.9. The van der Waals surface area contributed by atoms with Crippen molar-refractivity contribution in [3.05, 3.63) is 0 Å². The molecule has 0 spiro atoms. The van der Waals surface area contributed by atoms with E-state index in [9.17, 15) is 4.79 Å². The van der Waals surface area contributed by atoms with E-state index in [1.165, 1.54) is 0 Å². The van der Waals surface area contributed by atoms with E-state index in [0.29, 0.717) is 12.0 Å². The van der Waals surface area contributed by atoms with Crippen molar-refractivity contribution in [2.75, 3.05) is 6.54 Å². The van der Waals surface area contributed by atoms with Gasteiger partial charge in [-0.25, -0.2) is 4.79 Å². The number of rotatable bonds is 0. The summed E-state index contributed by atoms with van der Waals surface area (Å²) in [5.41, 5.74) is -0.386. The van der Waals surface area contributed by atoms with Crippen LogP contribution in [0.4, 0.5) is 4.79 Å². The zero-order valence-corrected chi connectivity index (χ0v) is 9.83. The predicted molar refractivity (Wildman–Crippen MR) is 56.2 cm³/mol. The number of carbonyl (C=O) groups is 1. The van der Waals surface area contributed by atoms with Gasteiger partial charge in [0.1, 0.15) is 5.60 Å². The molecule has 0 aliphatic carbocycles. The van der Waals surface area contributed by atoms with Crippen molar-refractivity contribution < 1.29 is 9.53 Å². The van der Waals surface area contributed by atoms with Gasteiger partial charge in [0.25, 0.3) is 0 Å². The van der Waals surface area contributed by atoms with Gasteiger partial charge in [0.2, 0.25) is 0 Å². The highest BCUT2D eigenvalue weighted by molar-refractivity contribution is 5.68. The molecule has 3 nitrogen and oxygen atoms in total. The van der Waals surface area contributed by atoms with Gasteiger partial charge in [-0.1, -0.05) is 6.92 Å². The molecule has 0 aromatic carbocycles. The molecule has 1 aliphatic heterocycles. The first-order chi connectivity index (χ1) is 6.29. The third kappa shape index (κ3) is 2.89. The Labute approximate surface area is 86.4 Å². The molecule has 0 aromatic heterocycles. The molecular weight excluding hydrogens is 178 g/mol. The molecular formula is C11H21NO2. The van der Waals surface area contributed by atoms with Crippen molar-refractivity contribution in [2.45, 2.75) is 52.7 Å². The summed E-state index contributed by atoms with van der Waals surface area (Å²) in [5.74, 6) is 0.595. The van der Waals surface area contributed by atoms with Crippen LogP contribution in [0.1, 0.15) is 41.0 Å². The van der Waals surface area contributed by atoms with Gasteiger partial charge >= 0.3 is 6.09 Å². The molecule has 0 unspecified atom stereocenters. The molecule has 1 saturated heterocycles. The lowest BCUT2D eigenvalue weighted by Gasteiger charge is -2.26. The minimum absolute atomic E-state index is 0.172. The fraction of sp³-hybridized carbons (Fsp3) is 0.909. The van der Waals surface area contributed by atoms with Crippen molar-refractivity contribution in [1.82, 2.24) is 4.90 Å². The van der Waals surface area contributed by atoms with Gasteiger partial charge in [0.15, 0.2) is 0 Å². The van der Waals surface area contributed by atoms with Crippen LogP contribution in [0.15, 0.2) is 0 Å². The Morgan fingerprint density at radius 2 is 1.93 bits per heavy atom. The van der Waals surface area contributed by atoms with E-state index in [0.717, 1.165) is 13.0 Å². The molecule has 14 heavy (non-hydrogen) atoms. The first kappa shape index (κ1) is 11.3. The van der Waals surface area contributed by atoms with Crippen molar-refractivity contribution >= 4 is 6.09 Å². The molecule has 0 aromatic rings. The highest BCUT2D eigenvalue weighted by Gasteiger charge is 2.32. The SMILES string of the molecule is C[C@H]1C[C@@H](C)N(C(=O)OC(C)(C)C)C1. The predicted octanol–water partition coefficient (Wildman–Crippen LogP) is 2.65. The lowest BCUT2D eigenvalue weighted by atomic mass is 10.1. The van der Waals surface area contributed by atoms with E-state index in [1.807, 2.05) is 25.7 Å². The molecule has 0 N–H and O–H groups in total. The Morgan fingerprint density at radius 3 is 2.29 bits per heavy atom. The van der Waals surface area contributed by atoms with Crippen LogP contribution in [0.3, 0.4) is 0 Å². The maximum atomic E-state index is 11.7. The average molecular weight is 199 g/mol. The summed E-state index contributed by atoms with van der Waals surface area (Å²) in [6, 6.07) is 0.319. The van der Waals surface area contributed by atoms with Crippen LogP contribution in [0.5, 0.6) is 0 Å². The fourth-order valence-corrected chi connectivity index (χ4v) is 1.87. The summed E-state index contributed by atoms with van der Waals surface area (Å²) in [5, 5.41) is 0. The summed E-state index contributed by atoms with van der Waals surface area (Å²) in [7, 11) is 0. The molecule has 82 valence electrons. The van der Waals surface area contributed by atoms with E-state index in [4.69, 9.17) is 4.74 Å². The Balaban J connectivity index is 2.53. The second-order valence-corrected chi connectivity index (χ2v) is 5.32. The van der Waals surface area contributed by atoms with Crippen LogP contribution in [0.2, 0.25) is 0 Å². The Hall–Kier alpha value is -0.730. The maximum absolute atomic E-state index is 11.7. The summed E-state index contributed by atoms with van der Waals surface area (Å²) in [6.45, 7) is 10.8. The quantitative estimate of drug-likeness (QED) is 0.600. The molecule has 0 saturated carbocycles. The number of amides is 1. The smallest absolute Gasteiger partial charge is 0.410 e. The van der Waals surface area contributed by atoms with Crippen LogP contribution < -0.4 is 0 Å². The van der Waals surface area contributed by atoms with Crippen molar-refractivity contribution in [3.63, 3.8) is 0 Å². The van der Waals surface area contributed by atoms with Gasteiger partial charge in [-0.15, -0.1) is 0 Å². The minimum Gasteiger partial charge on any atom is -0.444 e. The van der Waals surface area contributed by atoms with E-state index >= 15 is 0 Å². The van der Waals surface area contributed by atoms with Gasteiger partial charge < -0.3 is 9.64 Å². The minimum atomic E-state index is -0.386. The molecule has 1 aliphatic rings. The maximum Gasteiger partial charge on any atom is 0.410 e. The third-order valence-corrected chi connectivity index (χ3v) is 2.41. The topological polar surface area (TPSA) is 29.5 Å². The lowest BCUT2D eigenvalue weighted by Crippen LogP contribution is -2.38. The van der Waals surface area contributed by atoms with Crippen LogP contribution in [0, 0.1) is 5.92 Å². The third-order valence-electron chi connectivity index (χ3n) is 2.41. The van der Waals surface area contributed by atoms with E-state index in [2.05, 4.69) is 13.8 Å². The van der Waals surface area contributed by atoms with Crippen LogP contribution >= 0.6 is 0 Å². The number of hydrogen-bond donors (Lipinski definition) is 0. The zero-order chi connectivity index (χ0) is 10.9. The zero-order valence-electron chi connectivity index (χ0n) is 9.83. The van der Waals surface area contributed by atoms with Gasteiger partial charge in [-0.3, -0.25) is 0 Å². The fourth-order valence-electron chi connectivity index (χ4n) is 1.87. The lowest BCUT2D eigenvalue weighted by molar-refractivity contribution is 0.0234. The molecule has 1 heterocycles. The van der Waals surface area contributed by atoms with Crippen LogP contribution in [0.25, 0.3) is 0 Å². The Kier molecular flexibility index (Phi) is 3.07. The Bertz CT molecular complexity index is 220. The Morgan fingerprint density at radius 1 is 1.36 bits per heavy atom. The standard InChI is InChI=1S/C11H21NO2/c1-8-6-9(2)12(7-8)10(13)14-11(3,4)5/h8-9H,6-7H2,1-5H3/t8-,9+/m0/s1. The van der Waals surface area contributed by atoms with Crippen LogP contribution in [-0.4, -0.2) is 29.2 Å². The van der Waals surface area contributed by atoms with Gasteiger partial charge in [-0.05, 0) is 40.0 Å². The van der Waals surface area contributed by atoms with Crippen LogP contribution in [-0.2, 0) is 4.74 Å². The first-order valence-corrected chi connectivity index (χ1v) is 5.29.